The quantitative estimate of drug-likeness (QED) is 0.723. The Morgan fingerprint density at radius 2 is 2.00 bits per heavy atom. The number of H-pyrrole nitrogens is 1. The lowest BCUT2D eigenvalue weighted by Gasteiger charge is -2.38. The molecule has 0 unspecified atom stereocenters. The zero-order chi connectivity index (χ0) is 18.0. The molecule has 25 heavy (non-hydrogen) atoms. The predicted octanol–water partition coefficient (Wildman–Crippen LogP) is 0.244. The molecule has 0 bridgehead atoms. The van der Waals surface area contributed by atoms with Gasteiger partial charge < -0.3 is 15.4 Å². The predicted molar refractivity (Wildman–Crippen MR) is 92.1 cm³/mol. The number of aromatic amines is 1. The van der Waals surface area contributed by atoms with E-state index in [1.54, 1.807) is 0 Å². The molecule has 1 amide bonds. The Morgan fingerprint density at radius 3 is 2.64 bits per heavy atom. The molecule has 0 spiro atoms. The van der Waals surface area contributed by atoms with Crippen LogP contribution in [0.25, 0.3) is 0 Å². The standard InChI is InChI=1S/C18H21N3O4/c1-21-17(24)13(10-19-18(21)25)9-15(23)20-16(12-7-14(22)8-12)11-5-3-2-4-6-11/h2-6,10,12,14,16,22H,7-9H2,1H3,(H,19,25)(H,20,23)/t12?,14?,16-/m1/s1. The molecule has 3 rings (SSSR count). The number of amides is 1. The SMILES string of the molecule is Cn1c(=O)[nH]cc(CC(=O)N[C@H](c2ccccc2)C2CC(O)C2)c1=O. The van der Waals surface area contributed by atoms with E-state index in [4.69, 9.17) is 0 Å². The molecule has 0 radical (unpaired) electrons. The first kappa shape index (κ1) is 17.2. The van der Waals surface area contributed by atoms with Gasteiger partial charge in [-0.25, -0.2) is 4.79 Å². The van der Waals surface area contributed by atoms with Crippen molar-refractivity contribution in [3.63, 3.8) is 0 Å². The van der Waals surface area contributed by atoms with Gasteiger partial charge in [-0.05, 0) is 24.3 Å². The number of rotatable bonds is 5. The summed E-state index contributed by atoms with van der Waals surface area (Å²) in [6.45, 7) is 0. The van der Waals surface area contributed by atoms with E-state index in [-0.39, 0.29) is 36.0 Å². The second-order valence-corrected chi connectivity index (χ2v) is 6.50. The summed E-state index contributed by atoms with van der Waals surface area (Å²) in [6.07, 6.45) is 2.14. The molecule has 132 valence electrons. The normalized spacial score (nSPS) is 20.6. The first-order valence-corrected chi connectivity index (χ1v) is 8.25. The average molecular weight is 343 g/mol. The molecular weight excluding hydrogens is 322 g/mol. The van der Waals surface area contributed by atoms with Crippen LogP contribution in [-0.2, 0) is 18.3 Å². The minimum atomic E-state index is -0.514. The van der Waals surface area contributed by atoms with E-state index in [2.05, 4.69) is 10.3 Å². The van der Waals surface area contributed by atoms with E-state index in [1.807, 2.05) is 30.3 Å². The minimum absolute atomic E-state index is 0.109. The molecule has 1 aliphatic rings. The van der Waals surface area contributed by atoms with Crippen molar-refractivity contribution in [1.29, 1.82) is 0 Å². The highest BCUT2D eigenvalue weighted by Crippen LogP contribution is 2.38. The molecule has 0 aliphatic heterocycles. The third kappa shape index (κ3) is 3.71. The monoisotopic (exact) mass is 343 g/mol. The highest BCUT2D eigenvalue weighted by atomic mass is 16.3. The van der Waals surface area contributed by atoms with Crippen molar-refractivity contribution >= 4 is 5.91 Å². The summed E-state index contributed by atoms with van der Waals surface area (Å²) in [4.78, 5) is 38.3. The maximum Gasteiger partial charge on any atom is 0.328 e. The zero-order valence-electron chi connectivity index (χ0n) is 13.9. The maximum absolute atomic E-state index is 12.5. The molecule has 7 nitrogen and oxygen atoms in total. The molecule has 1 fully saturated rings. The van der Waals surface area contributed by atoms with Crippen molar-refractivity contribution in [1.82, 2.24) is 14.9 Å². The molecule has 7 heteroatoms. The molecule has 1 aromatic heterocycles. The van der Waals surface area contributed by atoms with Crippen LogP contribution in [0.3, 0.4) is 0 Å². The zero-order valence-corrected chi connectivity index (χ0v) is 13.9. The fraction of sp³-hybridized carbons (Fsp3) is 0.389. The minimum Gasteiger partial charge on any atom is -0.393 e. The summed E-state index contributed by atoms with van der Waals surface area (Å²) < 4.78 is 0.944. The van der Waals surface area contributed by atoms with Crippen molar-refractivity contribution in [2.75, 3.05) is 0 Å². The summed E-state index contributed by atoms with van der Waals surface area (Å²) in [5, 5.41) is 12.6. The molecule has 2 aromatic rings. The van der Waals surface area contributed by atoms with E-state index in [1.165, 1.54) is 13.2 Å². The highest BCUT2D eigenvalue weighted by molar-refractivity contribution is 5.78. The molecule has 1 saturated carbocycles. The Hall–Kier alpha value is -2.67. The molecule has 3 N–H and O–H groups in total. The Bertz CT molecular complexity index is 866. The van der Waals surface area contributed by atoms with Crippen LogP contribution in [0.15, 0.2) is 46.1 Å². The van der Waals surface area contributed by atoms with Crippen LogP contribution in [0, 0.1) is 5.92 Å². The molecule has 1 aliphatic carbocycles. The number of benzene rings is 1. The number of carbonyl (C=O) groups is 1. The van der Waals surface area contributed by atoms with E-state index in [9.17, 15) is 19.5 Å². The summed E-state index contributed by atoms with van der Waals surface area (Å²) in [6, 6.07) is 9.39. The summed E-state index contributed by atoms with van der Waals surface area (Å²) >= 11 is 0. The first-order chi connectivity index (χ1) is 12.0. The van der Waals surface area contributed by atoms with Gasteiger partial charge in [0.05, 0.1) is 18.6 Å². The number of carbonyl (C=O) groups excluding carboxylic acids is 1. The number of nitrogens with zero attached hydrogens (tertiary/aromatic N) is 1. The third-order valence-electron chi connectivity index (χ3n) is 4.70. The lowest BCUT2D eigenvalue weighted by atomic mass is 9.75. The number of hydrogen-bond acceptors (Lipinski definition) is 4. The fourth-order valence-electron chi connectivity index (χ4n) is 3.17. The summed E-state index contributed by atoms with van der Waals surface area (Å²) in [5.74, 6) is -0.126. The molecule has 1 atom stereocenters. The van der Waals surface area contributed by atoms with E-state index < -0.39 is 11.2 Å². The lowest BCUT2D eigenvalue weighted by molar-refractivity contribution is -0.122. The summed E-state index contributed by atoms with van der Waals surface area (Å²) in [5.41, 5.74) is 0.219. The van der Waals surface area contributed by atoms with Gasteiger partial charge in [0.15, 0.2) is 0 Å². The maximum atomic E-state index is 12.5. The average Bonchev–Trinajstić information content (AvgIpc) is 2.58. The van der Waals surface area contributed by atoms with E-state index in [0.717, 1.165) is 10.1 Å². The van der Waals surface area contributed by atoms with Crippen LogP contribution < -0.4 is 16.6 Å². The number of aliphatic hydroxyl groups is 1. The Morgan fingerprint density at radius 1 is 1.32 bits per heavy atom. The van der Waals surface area contributed by atoms with Crippen molar-refractivity contribution in [2.45, 2.75) is 31.4 Å². The topological polar surface area (TPSA) is 104 Å². The third-order valence-corrected chi connectivity index (χ3v) is 4.70. The van der Waals surface area contributed by atoms with Gasteiger partial charge >= 0.3 is 5.69 Å². The Labute approximate surface area is 144 Å². The highest BCUT2D eigenvalue weighted by Gasteiger charge is 2.35. The first-order valence-electron chi connectivity index (χ1n) is 8.25. The van der Waals surface area contributed by atoms with Gasteiger partial charge in [0, 0.05) is 18.8 Å². The van der Waals surface area contributed by atoms with Gasteiger partial charge in [-0.15, -0.1) is 0 Å². The smallest absolute Gasteiger partial charge is 0.328 e. The van der Waals surface area contributed by atoms with Crippen LogP contribution >= 0.6 is 0 Å². The van der Waals surface area contributed by atoms with E-state index in [0.29, 0.717) is 12.8 Å². The summed E-state index contributed by atoms with van der Waals surface area (Å²) in [7, 11) is 1.37. The van der Waals surface area contributed by atoms with Gasteiger partial charge in [-0.1, -0.05) is 30.3 Å². The van der Waals surface area contributed by atoms with E-state index >= 15 is 0 Å². The van der Waals surface area contributed by atoms with Crippen molar-refractivity contribution in [2.24, 2.45) is 13.0 Å². The van der Waals surface area contributed by atoms with Crippen molar-refractivity contribution < 1.29 is 9.90 Å². The van der Waals surface area contributed by atoms with Gasteiger partial charge in [-0.3, -0.25) is 14.2 Å². The second-order valence-electron chi connectivity index (χ2n) is 6.50. The van der Waals surface area contributed by atoms with Gasteiger partial charge in [0.2, 0.25) is 5.91 Å². The number of aliphatic hydroxyl groups excluding tert-OH is 1. The lowest BCUT2D eigenvalue weighted by Crippen LogP contribution is -2.42. The molecule has 0 saturated heterocycles. The van der Waals surface area contributed by atoms with Gasteiger partial charge in [0.1, 0.15) is 0 Å². The molecule has 1 heterocycles. The second kappa shape index (κ2) is 7.06. The van der Waals surface area contributed by atoms with Crippen LogP contribution in [-0.4, -0.2) is 26.7 Å². The van der Waals surface area contributed by atoms with Crippen LogP contribution in [0.2, 0.25) is 0 Å². The van der Waals surface area contributed by atoms with Gasteiger partial charge in [-0.2, -0.15) is 0 Å². The Balaban J connectivity index is 1.76. The van der Waals surface area contributed by atoms with Crippen molar-refractivity contribution in [3.8, 4) is 0 Å². The molecular formula is C18H21N3O4. The van der Waals surface area contributed by atoms with Crippen LogP contribution in [0.5, 0.6) is 0 Å². The largest absolute Gasteiger partial charge is 0.393 e. The fourth-order valence-corrected chi connectivity index (χ4v) is 3.17. The number of aromatic nitrogens is 2. The van der Waals surface area contributed by atoms with Crippen molar-refractivity contribution in [3.05, 3.63) is 68.5 Å². The Kier molecular flexibility index (Phi) is 4.85. The van der Waals surface area contributed by atoms with Gasteiger partial charge in [0.25, 0.3) is 5.56 Å². The molecule has 1 aromatic carbocycles. The van der Waals surface area contributed by atoms with Crippen LogP contribution in [0.1, 0.15) is 30.0 Å². The number of hydrogen-bond donors (Lipinski definition) is 3. The van der Waals surface area contributed by atoms with Crippen LogP contribution in [0.4, 0.5) is 0 Å². The number of nitrogens with one attached hydrogen (secondary N) is 2.